The predicted octanol–water partition coefficient (Wildman–Crippen LogP) is 2.88. The van der Waals surface area contributed by atoms with E-state index in [2.05, 4.69) is 6.92 Å². The highest BCUT2D eigenvalue weighted by atomic mass is 16.4. The molecule has 0 aliphatic carbocycles. The van der Waals surface area contributed by atoms with Crippen molar-refractivity contribution in [3.05, 3.63) is 0 Å². The van der Waals surface area contributed by atoms with Gasteiger partial charge >= 0.3 is 5.97 Å². The zero-order valence-corrected chi connectivity index (χ0v) is 9.67. The van der Waals surface area contributed by atoms with Gasteiger partial charge in [-0.2, -0.15) is 0 Å². The van der Waals surface area contributed by atoms with Crippen LogP contribution in [0.3, 0.4) is 0 Å². The van der Waals surface area contributed by atoms with Crippen LogP contribution in [-0.2, 0) is 9.59 Å². The lowest BCUT2D eigenvalue weighted by atomic mass is 10.1. The Kier molecular flexibility index (Phi) is 11.4. The van der Waals surface area contributed by atoms with Gasteiger partial charge in [-0.3, -0.25) is 9.59 Å². The molecule has 0 saturated heterocycles. The molecule has 0 saturated carbocycles. The van der Waals surface area contributed by atoms with E-state index in [0.717, 1.165) is 19.3 Å². The van der Waals surface area contributed by atoms with Gasteiger partial charge in [-0.1, -0.05) is 33.6 Å². The molecule has 0 aromatic carbocycles. The van der Waals surface area contributed by atoms with Crippen molar-refractivity contribution in [2.75, 3.05) is 0 Å². The SMILES string of the molecule is CC(=O)C(C)C.CCCCCC(=O)O. The fourth-order valence-corrected chi connectivity index (χ4v) is 0.526. The third kappa shape index (κ3) is 17.3. The summed E-state index contributed by atoms with van der Waals surface area (Å²) in [7, 11) is 0. The van der Waals surface area contributed by atoms with Gasteiger partial charge < -0.3 is 5.11 Å². The molecule has 1 N–H and O–H groups in total. The number of carboxylic acids is 1. The summed E-state index contributed by atoms with van der Waals surface area (Å²) < 4.78 is 0. The maximum atomic E-state index is 10.1. The third-order valence-electron chi connectivity index (χ3n) is 1.81. The number of ketones is 1. The normalized spacial score (nSPS) is 9.21. The van der Waals surface area contributed by atoms with Crippen LogP contribution >= 0.6 is 0 Å². The summed E-state index contributed by atoms with van der Waals surface area (Å²) in [4.78, 5) is 20.0. The summed E-state index contributed by atoms with van der Waals surface area (Å²) in [6.45, 7) is 7.44. The summed E-state index contributed by atoms with van der Waals surface area (Å²) in [5.74, 6) is -0.210. The van der Waals surface area contributed by atoms with Gasteiger partial charge in [-0.25, -0.2) is 0 Å². The van der Waals surface area contributed by atoms with Crippen LogP contribution in [0.4, 0.5) is 0 Å². The lowest BCUT2D eigenvalue weighted by Crippen LogP contribution is -1.98. The first kappa shape index (κ1) is 15.6. The molecule has 0 spiro atoms. The molecule has 0 aromatic rings. The second-order valence-electron chi connectivity index (χ2n) is 3.62. The Balaban J connectivity index is 0. The molecule has 3 nitrogen and oxygen atoms in total. The van der Waals surface area contributed by atoms with E-state index in [9.17, 15) is 9.59 Å². The highest BCUT2D eigenvalue weighted by molar-refractivity contribution is 5.77. The monoisotopic (exact) mass is 202 g/mol. The van der Waals surface area contributed by atoms with E-state index in [1.165, 1.54) is 0 Å². The maximum Gasteiger partial charge on any atom is 0.303 e. The first-order valence-electron chi connectivity index (χ1n) is 5.14. The largest absolute Gasteiger partial charge is 0.481 e. The van der Waals surface area contributed by atoms with Gasteiger partial charge in [-0.15, -0.1) is 0 Å². The number of Topliss-reactive ketones (excluding diaryl/α,β-unsaturated/α-hetero) is 1. The fraction of sp³-hybridized carbons (Fsp3) is 0.818. The maximum absolute atomic E-state index is 10.1. The fourth-order valence-electron chi connectivity index (χ4n) is 0.526. The van der Waals surface area contributed by atoms with Crippen molar-refractivity contribution >= 4 is 11.8 Å². The van der Waals surface area contributed by atoms with Crippen molar-refractivity contribution in [2.24, 2.45) is 5.92 Å². The van der Waals surface area contributed by atoms with Gasteiger partial charge in [0, 0.05) is 12.3 Å². The van der Waals surface area contributed by atoms with Crippen LogP contribution in [0, 0.1) is 5.92 Å². The number of carbonyl (C=O) groups is 2. The standard InChI is InChI=1S/C6H12O2.C5H10O/c1-2-3-4-5-6(7)8;1-4(2)5(3)6/h2-5H2,1H3,(H,7,8);4H,1-3H3. The molecule has 3 heteroatoms. The average Bonchev–Trinajstić information content (AvgIpc) is 2.05. The second-order valence-corrected chi connectivity index (χ2v) is 3.62. The molecule has 0 bridgehead atoms. The molecule has 0 amide bonds. The van der Waals surface area contributed by atoms with Crippen LogP contribution < -0.4 is 0 Å². The lowest BCUT2D eigenvalue weighted by Gasteiger charge is -1.90. The van der Waals surface area contributed by atoms with Gasteiger partial charge in [0.05, 0.1) is 0 Å². The number of rotatable bonds is 5. The van der Waals surface area contributed by atoms with Crippen LogP contribution in [-0.4, -0.2) is 16.9 Å². The van der Waals surface area contributed by atoms with Gasteiger partial charge in [-0.05, 0) is 13.3 Å². The zero-order chi connectivity index (χ0) is 11.6. The molecular weight excluding hydrogens is 180 g/mol. The first-order valence-corrected chi connectivity index (χ1v) is 5.14. The van der Waals surface area contributed by atoms with Crippen LogP contribution in [0.1, 0.15) is 53.4 Å². The molecule has 0 aliphatic rings. The van der Waals surface area contributed by atoms with Crippen molar-refractivity contribution in [1.29, 1.82) is 0 Å². The van der Waals surface area contributed by atoms with E-state index >= 15 is 0 Å². The molecule has 0 rings (SSSR count). The van der Waals surface area contributed by atoms with Gasteiger partial charge in [0.2, 0.25) is 0 Å². The van der Waals surface area contributed by atoms with Crippen LogP contribution in [0.5, 0.6) is 0 Å². The number of unbranched alkanes of at least 4 members (excludes halogenated alkanes) is 2. The van der Waals surface area contributed by atoms with Crippen LogP contribution in [0.15, 0.2) is 0 Å². The summed E-state index contributed by atoms with van der Waals surface area (Å²) in [5.41, 5.74) is 0. The van der Waals surface area contributed by atoms with Crippen LogP contribution in [0.25, 0.3) is 0 Å². The lowest BCUT2D eigenvalue weighted by molar-refractivity contribution is -0.137. The van der Waals surface area contributed by atoms with Gasteiger partial charge in [0.25, 0.3) is 0 Å². The molecule has 0 aromatic heterocycles. The summed E-state index contributed by atoms with van der Waals surface area (Å²) in [6.07, 6.45) is 3.28. The molecule has 0 radical (unpaired) electrons. The van der Waals surface area contributed by atoms with Crippen molar-refractivity contribution in [3.8, 4) is 0 Å². The third-order valence-corrected chi connectivity index (χ3v) is 1.81. The minimum Gasteiger partial charge on any atom is -0.481 e. The minimum absolute atomic E-state index is 0.213. The number of hydrogen-bond donors (Lipinski definition) is 1. The van der Waals surface area contributed by atoms with E-state index in [4.69, 9.17) is 5.11 Å². The Morgan fingerprint density at radius 3 is 1.86 bits per heavy atom. The Hall–Kier alpha value is -0.860. The smallest absolute Gasteiger partial charge is 0.303 e. The van der Waals surface area contributed by atoms with Crippen molar-refractivity contribution in [3.63, 3.8) is 0 Å². The summed E-state index contributed by atoms with van der Waals surface area (Å²) >= 11 is 0. The number of aliphatic carboxylic acids is 1. The molecule has 0 aliphatic heterocycles. The minimum atomic E-state index is -0.682. The van der Waals surface area contributed by atoms with Gasteiger partial charge in [0.15, 0.2) is 0 Å². The zero-order valence-electron chi connectivity index (χ0n) is 9.67. The molecule has 84 valence electrons. The highest BCUT2D eigenvalue weighted by Crippen LogP contribution is 1.97. The van der Waals surface area contributed by atoms with Crippen molar-refractivity contribution in [2.45, 2.75) is 53.4 Å². The summed E-state index contributed by atoms with van der Waals surface area (Å²) in [6, 6.07) is 0. The number of carbonyl (C=O) groups excluding carboxylic acids is 1. The quantitative estimate of drug-likeness (QED) is 0.697. The summed E-state index contributed by atoms with van der Waals surface area (Å²) in [5, 5.41) is 8.14. The van der Waals surface area contributed by atoms with Crippen LogP contribution in [0.2, 0.25) is 0 Å². The first-order chi connectivity index (χ1) is 6.41. The average molecular weight is 202 g/mol. The van der Waals surface area contributed by atoms with E-state index in [0.29, 0.717) is 6.42 Å². The van der Waals surface area contributed by atoms with E-state index < -0.39 is 5.97 Å². The topological polar surface area (TPSA) is 54.4 Å². The Morgan fingerprint density at radius 2 is 1.64 bits per heavy atom. The second kappa shape index (κ2) is 10.2. The molecule has 0 heterocycles. The van der Waals surface area contributed by atoms with E-state index in [1.807, 2.05) is 13.8 Å². The number of hydrogen-bond acceptors (Lipinski definition) is 2. The van der Waals surface area contributed by atoms with E-state index in [-0.39, 0.29) is 11.7 Å². The van der Waals surface area contributed by atoms with Crippen molar-refractivity contribution in [1.82, 2.24) is 0 Å². The van der Waals surface area contributed by atoms with Gasteiger partial charge in [0.1, 0.15) is 5.78 Å². The Morgan fingerprint density at radius 1 is 1.21 bits per heavy atom. The molecule has 14 heavy (non-hydrogen) atoms. The molecule has 0 unspecified atom stereocenters. The number of carboxylic acid groups (broad SMARTS) is 1. The Bertz CT molecular complexity index is 162. The molecular formula is C11H22O3. The van der Waals surface area contributed by atoms with Crippen molar-refractivity contribution < 1.29 is 14.7 Å². The molecule has 0 atom stereocenters. The molecule has 0 fully saturated rings. The van der Waals surface area contributed by atoms with E-state index in [1.54, 1.807) is 6.92 Å². The Labute approximate surface area is 86.5 Å². The highest BCUT2D eigenvalue weighted by Gasteiger charge is 1.95. The predicted molar refractivity (Wildman–Crippen MR) is 57.3 cm³/mol.